The number of ether oxygens (including phenoxy) is 3. The number of aliphatic hydroxyl groups is 1. The standard InChI is InChI=1S/C25H28FN3O7/c1-17(30)27-12-20-13-29(24(32)36-20)19-7-8-22(21(26)11-19)35-16-25(33)9-10-28(15-25)23(31)34-14-18-5-3-2-4-6-18/h2-8,11,20,33H,9-10,12-16H2,1H3,(H,27,30)/t20-,25?/m0/s1. The van der Waals surface area contributed by atoms with Gasteiger partial charge in [0.15, 0.2) is 11.6 Å². The molecular weight excluding hydrogens is 473 g/mol. The van der Waals surface area contributed by atoms with Crippen LogP contribution in [0.15, 0.2) is 48.5 Å². The van der Waals surface area contributed by atoms with E-state index in [0.29, 0.717) is 0 Å². The van der Waals surface area contributed by atoms with Crippen LogP contribution in [0.3, 0.4) is 0 Å². The van der Waals surface area contributed by atoms with E-state index in [1.165, 1.54) is 28.9 Å². The van der Waals surface area contributed by atoms with E-state index in [2.05, 4.69) is 5.32 Å². The van der Waals surface area contributed by atoms with Crippen LogP contribution in [0.4, 0.5) is 19.7 Å². The zero-order valence-electron chi connectivity index (χ0n) is 19.8. The number of nitrogens with one attached hydrogen (secondary N) is 1. The lowest BCUT2D eigenvalue weighted by Gasteiger charge is -2.24. The van der Waals surface area contributed by atoms with Gasteiger partial charge in [0.1, 0.15) is 24.9 Å². The smallest absolute Gasteiger partial charge is 0.414 e. The van der Waals surface area contributed by atoms with Crippen molar-refractivity contribution in [1.29, 1.82) is 0 Å². The number of carbonyl (C=O) groups excluding carboxylic acids is 3. The number of β-amino-alcohol motifs (C(OH)–C–C–N with tert-alkyl or cyclic N) is 1. The molecule has 11 heteroatoms. The number of hydrogen-bond acceptors (Lipinski definition) is 7. The third-order valence-corrected chi connectivity index (χ3v) is 5.97. The van der Waals surface area contributed by atoms with E-state index in [1.54, 1.807) is 0 Å². The largest absolute Gasteiger partial charge is 0.487 e. The summed E-state index contributed by atoms with van der Waals surface area (Å²) in [5.41, 5.74) is -0.220. The highest BCUT2D eigenvalue weighted by Crippen LogP contribution is 2.29. The molecule has 2 atom stereocenters. The summed E-state index contributed by atoms with van der Waals surface area (Å²) < 4.78 is 30.7. The molecule has 2 aromatic carbocycles. The molecule has 3 amide bonds. The third kappa shape index (κ3) is 6.22. The Morgan fingerprint density at radius 1 is 1.25 bits per heavy atom. The van der Waals surface area contributed by atoms with Gasteiger partial charge >= 0.3 is 12.2 Å². The van der Waals surface area contributed by atoms with Crippen molar-refractivity contribution in [2.24, 2.45) is 0 Å². The Hall–Kier alpha value is -3.86. The SMILES string of the molecule is CC(=O)NC[C@H]1CN(c2ccc(OCC3(O)CCN(C(=O)OCc4ccccc4)C3)c(F)c2)C(=O)O1. The highest BCUT2D eigenvalue weighted by Gasteiger charge is 2.40. The number of anilines is 1. The van der Waals surface area contributed by atoms with E-state index < -0.39 is 29.7 Å². The van der Waals surface area contributed by atoms with E-state index in [0.717, 1.165) is 11.6 Å². The first-order valence-electron chi connectivity index (χ1n) is 11.6. The van der Waals surface area contributed by atoms with Gasteiger partial charge in [0.2, 0.25) is 5.91 Å². The monoisotopic (exact) mass is 501 g/mol. The second kappa shape index (κ2) is 10.8. The average molecular weight is 502 g/mol. The van der Waals surface area contributed by atoms with Gasteiger partial charge in [-0.2, -0.15) is 0 Å². The number of rotatable bonds is 8. The average Bonchev–Trinajstić information content (AvgIpc) is 3.44. The maximum Gasteiger partial charge on any atom is 0.414 e. The van der Waals surface area contributed by atoms with Crippen LogP contribution in [0, 0.1) is 5.82 Å². The number of likely N-dealkylation sites (tertiary alicyclic amines) is 1. The van der Waals surface area contributed by atoms with Crippen molar-refractivity contribution >= 4 is 23.8 Å². The van der Waals surface area contributed by atoms with Gasteiger partial charge in [-0.1, -0.05) is 30.3 Å². The van der Waals surface area contributed by atoms with Crippen LogP contribution in [0.1, 0.15) is 18.9 Å². The predicted octanol–water partition coefficient (Wildman–Crippen LogP) is 2.44. The topological polar surface area (TPSA) is 118 Å². The molecule has 36 heavy (non-hydrogen) atoms. The van der Waals surface area contributed by atoms with Gasteiger partial charge in [-0.05, 0) is 24.1 Å². The van der Waals surface area contributed by atoms with Crippen LogP contribution in [0.5, 0.6) is 5.75 Å². The second-order valence-corrected chi connectivity index (χ2v) is 8.89. The van der Waals surface area contributed by atoms with Crippen LogP contribution >= 0.6 is 0 Å². The number of carbonyl (C=O) groups is 3. The Bertz CT molecular complexity index is 1120. The van der Waals surface area contributed by atoms with Gasteiger partial charge in [0.05, 0.1) is 25.3 Å². The van der Waals surface area contributed by atoms with Crippen molar-refractivity contribution in [3.63, 3.8) is 0 Å². The molecule has 192 valence electrons. The fourth-order valence-electron chi connectivity index (χ4n) is 4.02. The van der Waals surface area contributed by atoms with Crippen molar-refractivity contribution in [3.8, 4) is 5.75 Å². The number of hydrogen-bond donors (Lipinski definition) is 2. The fourth-order valence-corrected chi connectivity index (χ4v) is 4.02. The fraction of sp³-hybridized carbons (Fsp3) is 0.400. The number of amides is 3. The second-order valence-electron chi connectivity index (χ2n) is 8.89. The van der Waals surface area contributed by atoms with Crippen LogP contribution in [0.25, 0.3) is 0 Å². The van der Waals surface area contributed by atoms with Crippen LogP contribution < -0.4 is 15.0 Å². The zero-order valence-corrected chi connectivity index (χ0v) is 19.8. The summed E-state index contributed by atoms with van der Waals surface area (Å²) in [7, 11) is 0. The molecule has 10 nitrogen and oxygen atoms in total. The van der Waals surface area contributed by atoms with Gasteiger partial charge in [-0.25, -0.2) is 14.0 Å². The van der Waals surface area contributed by atoms with E-state index in [9.17, 15) is 23.9 Å². The highest BCUT2D eigenvalue weighted by atomic mass is 19.1. The molecule has 0 bridgehead atoms. The minimum absolute atomic E-state index is 0.00433. The Morgan fingerprint density at radius 2 is 2.03 bits per heavy atom. The molecule has 2 fully saturated rings. The van der Waals surface area contributed by atoms with E-state index in [4.69, 9.17) is 14.2 Å². The summed E-state index contributed by atoms with van der Waals surface area (Å²) in [6.45, 7) is 1.87. The Balaban J connectivity index is 1.28. The molecule has 0 aromatic heterocycles. The predicted molar refractivity (Wildman–Crippen MR) is 126 cm³/mol. The van der Waals surface area contributed by atoms with Crippen molar-refractivity contribution in [3.05, 3.63) is 59.9 Å². The molecule has 2 saturated heterocycles. The molecule has 1 unspecified atom stereocenters. The number of nitrogens with zero attached hydrogens (tertiary/aromatic N) is 2. The lowest BCUT2D eigenvalue weighted by molar-refractivity contribution is -0.119. The summed E-state index contributed by atoms with van der Waals surface area (Å²) in [5, 5.41) is 13.4. The maximum atomic E-state index is 14.7. The maximum absolute atomic E-state index is 14.7. The lowest BCUT2D eigenvalue weighted by atomic mass is 10.1. The number of cyclic esters (lactones) is 1. The molecule has 0 radical (unpaired) electrons. The van der Waals surface area contributed by atoms with Gasteiger partial charge in [-0.15, -0.1) is 0 Å². The zero-order chi connectivity index (χ0) is 25.7. The van der Waals surface area contributed by atoms with Crippen molar-refractivity contribution < 1.29 is 38.1 Å². The third-order valence-electron chi connectivity index (χ3n) is 5.97. The first kappa shape index (κ1) is 25.2. The minimum Gasteiger partial charge on any atom is -0.487 e. The van der Waals surface area contributed by atoms with E-state index >= 15 is 0 Å². The Labute approximate surface area is 207 Å². The highest BCUT2D eigenvalue weighted by molar-refractivity contribution is 5.90. The molecule has 2 aliphatic rings. The quantitative estimate of drug-likeness (QED) is 0.571. The number of benzene rings is 2. The summed E-state index contributed by atoms with van der Waals surface area (Å²) in [6.07, 6.45) is -1.47. The molecule has 0 saturated carbocycles. The summed E-state index contributed by atoms with van der Waals surface area (Å²) in [5.74, 6) is -1.06. The summed E-state index contributed by atoms with van der Waals surface area (Å²) in [6, 6.07) is 13.3. The number of halogens is 1. The lowest BCUT2D eigenvalue weighted by Crippen LogP contribution is -2.40. The summed E-state index contributed by atoms with van der Waals surface area (Å²) >= 11 is 0. The molecule has 4 rings (SSSR count). The molecule has 2 N–H and O–H groups in total. The first-order chi connectivity index (χ1) is 17.2. The van der Waals surface area contributed by atoms with Gasteiger partial charge in [0.25, 0.3) is 0 Å². The molecule has 2 aromatic rings. The Morgan fingerprint density at radius 3 is 2.75 bits per heavy atom. The first-order valence-corrected chi connectivity index (χ1v) is 11.6. The summed E-state index contributed by atoms with van der Waals surface area (Å²) in [4.78, 5) is 38.2. The van der Waals surface area contributed by atoms with Gasteiger partial charge in [0, 0.05) is 19.5 Å². The van der Waals surface area contributed by atoms with Crippen molar-refractivity contribution in [2.75, 3.05) is 37.7 Å². The van der Waals surface area contributed by atoms with Crippen LogP contribution in [-0.4, -0.2) is 72.6 Å². The van der Waals surface area contributed by atoms with Crippen LogP contribution in [-0.2, 0) is 20.9 Å². The minimum atomic E-state index is -1.35. The van der Waals surface area contributed by atoms with E-state index in [-0.39, 0.29) is 63.2 Å². The van der Waals surface area contributed by atoms with Crippen LogP contribution in [0.2, 0.25) is 0 Å². The Kier molecular flexibility index (Phi) is 7.58. The van der Waals surface area contributed by atoms with Crippen molar-refractivity contribution in [2.45, 2.75) is 31.7 Å². The normalized spacial score (nSPS) is 21.3. The van der Waals surface area contributed by atoms with Gasteiger partial charge in [-0.3, -0.25) is 9.69 Å². The van der Waals surface area contributed by atoms with E-state index in [1.807, 2.05) is 30.3 Å². The molecule has 2 aliphatic heterocycles. The molecular formula is C25H28FN3O7. The van der Waals surface area contributed by atoms with Crippen molar-refractivity contribution in [1.82, 2.24) is 10.2 Å². The molecule has 2 heterocycles. The molecule has 0 spiro atoms. The molecule has 0 aliphatic carbocycles. The van der Waals surface area contributed by atoms with Gasteiger partial charge < -0.3 is 29.5 Å².